The zero-order chi connectivity index (χ0) is 20.1. The zero-order valence-electron chi connectivity index (χ0n) is 14.9. The van der Waals surface area contributed by atoms with Gasteiger partial charge in [0.2, 0.25) is 6.23 Å². The molecule has 3 nitrogen and oxygen atoms in total. The van der Waals surface area contributed by atoms with Crippen molar-refractivity contribution in [1.29, 1.82) is 0 Å². The SMILES string of the molecule is Clc1ccc(C2=NN3[C@@H](C2)c2cc(Cl)ccc2O[C@H]3c2ccc(Cl)cc2Cl)cc1. The van der Waals surface area contributed by atoms with Gasteiger partial charge >= 0.3 is 0 Å². The maximum absolute atomic E-state index is 6.50. The molecule has 0 radical (unpaired) electrons. The van der Waals surface area contributed by atoms with E-state index in [1.54, 1.807) is 12.1 Å². The summed E-state index contributed by atoms with van der Waals surface area (Å²) in [6, 6.07) is 18.7. The van der Waals surface area contributed by atoms with Gasteiger partial charge in [-0.3, -0.25) is 0 Å². The average Bonchev–Trinajstić information content (AvgIpc) is 3.14. The lowest BCUT2D eigenvalue weighted by Crippen LogP contribution is -2.33. The topological polar surface area (TPSA) is 24.8 Å². The van der Waals surface area contributed by atoms with E-state index in [9.17, 15) is 0 Å². The molecular formula is C22H14Cl4N2O. The highest BCUT2D eigenvalue weighted by molar-refractivity contribution is 6.35. The van der Waals surface area contributed by atoms with Crippen LogP contribution in [0.4, 0.5) is 0 Å². The molecule has 2 heterocycles. The molecule has 0 saturated heterocycles. The molecule has 5 rings (SSSR count). The number of halogens is 4. The van der Waals surface area contributed by atoms with Crippen molar-refractivity contribution in [3.63, 3.8) is 0 Å². The largest absolute Gasteiger partial charge is 0.464 e. The molecule has 0 bridgehead atoms. The third-order valence-corrected chi connectivity index (χ3v) is 6.21. The van der Waals surface area contributed by atoms with E-state index in [0.717, 1.165) is 34.6 Å². The van der Waals surface area contributed by atoms with Crippen LogP contribution in [0.2, 0.25) is 20.1 Å². The lowest BCUT2D eigenvalue weighted by molar-refractivity contribution is -0.0189. The second-order valence-electron chi connectivity index (χ2n) is 6.97. The second kappa shape index (κ2) is 7.41. The Hall–Kier alpha value is -1.91. The number of fused-ring (bicyclic) bond motifs is 3. The van der Waals surface area contributed by atoms with Gasteiger partial charge in [0, 0.05) is 32.6 Å². The third kappa shape index (κ3) is 3.47. The summed E-state index contributed by atoms with van der Waals surface area (Å²) in [5.74, 6) is 0.777. The summed E-state index contributed by atoms with van der Waals surface area (Å²) in [5.41, 5.74) is 3.79. The molecule has 2 atom stereocenters. The number of rotatable bonds is 2. The highest BCUT2D eigenvalue weighted by Crippen LogP contribution is 2.49. The zero-order valence-corrected chi connectivity index (χ0v) is 18.0. The number of hydrazone groups is 1. The molecule has 146 valence electrons. The molecule has 0 amide bonds. The quantitative estimate of drug-likeness (QED) is 0.392. The van der Waals surface area contributed by atoms with Gasteiger partial charge in [0.05, 0.1) is 16.8 Å². The van der Waals surface area contributed by atoms with Crippen LogP contribution in [-0.2, 0) is 0 Å². The first-order chi connectivity index (χ1) is 14.0. The van der Waals surface area contributed by atoms with Crippen molar-refractivity contribution >= 4 is 52.1 Å². The summed E-state index contributed by atoms with van der Waals surface area (Å²) in [6.07, 6.45) is 0.253. The molecule has 2 aliphatic heterocycles. The molecule has 0 aliphatic carbocycles. The molecule has 0 spiro atoms. The Kier molecular flexibility index (Phi) is 4.87. The van der Waals surface area contributed by atoms with Crippen molar-refractivity contribution in [1.82, 2.24) is 5.01 Å². The van der Waals surface area contributed by atoms with Gasteiger partial charge in [-0.1, -0.05) is 64.6 Å². The smallest absolute Gasteiger partial charge is 0.215 e. The van der Waals surface area contributed by atoms with Crippen molar-refractivity contribution in [2.75, 3.05) is 0 Å². The molecule has 0 unspecified atom stereocenters. The van der Waals surface area contributed by atoms with Crippen LogP contribution in [0.15, 0.2) is 65.8 Å². The minimum Gasteiger partial charge on any atom is -0.464 e. The van der Waals surface area contributed by atoms with Crippen molar-refractivity contribution in [2.24, 2.45) is 5.10 Å². The standard InChI is InChI=1S/C22H14Cl4N2O/c23-13-3-1-12(2-4-13)19-11-20-17-9-14(24)6-8-21(17)29-22(28(20)27-19)16-7-5-15(25)10-18(16)26/h1-10,20,22H,11H2/t20-,22-/m0/s1. The van der Waals surface area contributed by atoms with Crippen LogP contribution in [0.1, 0.15) is 35.4 Å². The van der Waals surface area contributed by atoms with E-state index in [1.807, 2.05) is 53.5 Å². The summed E-state index contributed by atoms with van der Waals surface area (Å²) in [4.78, 5) is 0. The highest BCUT2D eigenvalue weighted by atomic mass is 35.5. The number of hydrogen-bond acceptors (Lipinski definition) is 3. The van der Waals surface area contributed by atoms with Crippen molar-refractivity contribution in [2.45, 2.75) is 18.7 Å². The van der Waals surface area contributed by atoms with Gasteiger partial charge < -0.3 is 4.74 Å². The lowest BCUT2D eigenvalue weighted by atomic mass is 9.96. The molecule has 3 aromatic carbocycles. The van der Waals surface area contributed by atoms with E-state index in [0.29, 0.717) is 20.1 Å². The fourth-order valence-electron chi connectivity index (χ4n) is 3.78. The Balaban J connectivity index is 1.62. The number of ether oxygens (including phenoxy) is 1. The Morgan fingerprint density at radius 1 is 0.793 bits per heavy atom. The molecular weight excluding hydrogens is 450 g/mol. The Labute approximate surface area is 188 Å². The van der Waals surface area contributed by atoms with Gasteiger partial charge in [-0.2, -0.15) is 5.10 Å². The first-order valence-corrected chi connectivity index (χ1v) is 10.5. The Bertz CT molecular complexity index is 1130. The fraction of sp³-hybridized carbons (Fsp3) is 0.136. The lowest BCUT2D eigenvalue weighted by Gasteiger charge is -2.38. The minimum absolute atomic E-state index is 0.0140. The van der Waals surface area contributed by atoms with Gasteiger partial charge in [-0.05, 0) is 48.0 Å². The van der Waals surface area contributed by atoms with Crippen LogP contribution >= 0.6 is 46.4 Å². The second-order valence-corrected chi connectivity index (χ2v) is 8.69. The molecule has 0 fully saturated rings. The van der Waals surface area contributed by atoms with Crippen molar-refractivity contribution < 1.29 is 4.74 Å². The maximum Gasteiger partial charge on any atom is 0.215 e. The van der Waals surface area contributed by atoms with Crippen LogP contribution in [0.3, 0.4) is 0 Å². The molecule has 0 saturated carbocycles. The molecule has 2 aliphatic rings. The highest BCUT2D eigenvalue weighted by Gasteiger charge is 2.41. The first kappa shape index (κ1) is 19.1. The number of hydrogen-bond donors (Lipinski definition) is 0. The number of benzene rings is 3. The summed E-state index contributed by atoms with van der Waals surface area (Å²) in [5, 5.41) is 9.33. The molecule has 7 heteroatoms. The van der Waals surface area contributed by atoms with Gasteiger partial charge in [-0.25, -0.2) is 5.01 Å². The summed E-state index contributed by atoms with van der Waals surface area (Å²) in [7, 11) is 0. The predicted octanol–water partition coefficient (Wildman–Crippen LogP) is 7.54. The summed E-state index contributed by atoms with van der Waals surface area (Å²) < 4.78 is 6.32. The van der Waals surface area contributed by atoms with E-state index in [2.05, 4.69) is 0 Å². The van der Waals surface area contributed by atoms with Crippen molar-refractivity contribution in [3.8, 4) is 5.75 Å². The molecule has 29 heavy (non-hydrogen) atoms. The van der Waals surface area contributed by atoms with E-state index < -0.39 is 6.23 Å². The third-order valence-electron chi connectivity index (χ3n) is 5.16. The normalized spacial score (nSPS) is 20.0. The summed E-state index contributed by atoms with van der Waals surface area (Å²) >= 11 is 24.9. The van der Waals surface area contributed by atoms with E-state index in [1.165, 1.54) is 0 Å². The van der Waals surface area contributed by atoms with E-state index in [4.69, 9.17) is 56.2 Å². The maximum atomic E-state index is 6.50. The average molecular weight is 464 g/mol. The van der Waals surface area contributed by atoms with Gasteiger partial charge in [0.15, 0.2) is 0 Å². The monoisotopic (exact) mass is 462 g/mol. The number of nitrogens with zero attached hydrogens (tertiary/aromatic N) is 2. The predicted molar refractivity (Wildman–Crippen MR) is 118 cm³/mol. The van der Waals surface area contributed by atoms with Crippen LogP contribution < -0.4 is 4.74 Å². The Morgan fingerprint density at radius 3 is 2.24 bits per heavy atom. The molecule has 3 aromatic rings. The van der Waals surface area contributed by atoms with E-state index in [-0.39, 0.29) is 6.04 Å². The van der Waals surface area contributed by atoms with Crippen molar-refractivity contribution in [3.05, 3.63) is 97.4 Å². The van der Waals surface area contributed by atoms with E-state index >= 15 is 0 Å². The van der Waals surface area contributed by atoms with Crippen LogP contribution in [0.5, 0.6) is 5.75 Å². The molecule has 0 aromatic heterocycles. The van der Waals surface area contributed by atoms with Crippen LogP contribution in [-0.4, -0.2) is 10.7 Å². The van der Waals surface area contributed by atoms with Gasteiger partial charge in [0.25, 0.3) is 0 Å². The van der Waals surface area contributed by atoms with Crippen LogP contribution in [0.25, 0.3) is 0 Å². The fourth-order valence-corrected chi connectivity index (χ4v) is 4.59. The molecule has 0 N–H and O–H groups in total. The van der Waals surface area contributed by atoms with Gasteiger partial charge in [0.1, 0.15) is 5.75 Å². The van der Waals surface area contributed by atoms with Gasteiger partial charge in [-0.15, -0.1) is 0 Å². The first-order valence-electron chi connectivity index (χ1n) is 9.02. The Morgan fingerprint density at radius 2 is 1.48 bits per heavy atom. The van der Waals surface area contributed by atoms with Crippen LogP contribution in [0, 0.1) is 0 Å². The minimum atomic E-state index is -0.469. The summed E-state index contributed by atoms with van der Waals surface area (Å²) in [6.45, 7) is 0.